The van der Waals surface area contributed by atoms with Gasteiger partial charge in [-0.15, -0.1) is 0 Å². The van der Waals surface area contributed by atoms with Gasteiger partial charge in [0.25, 0.3) is 0 Å². The largest absolute Gasteiger partial charge is 0.497 e. The second-order valence-corrected chi connectivity index (χ2v) is 8.58. The van der Waals surface area contributed by atoms with Crippen molar-refractivity contribution in [3.05, 3.63) is 42.0 Å². The van der Waals surface area contributed by atoms with E-state index in [1.807, 2.05) is 50.2 Å². The molecule has 0 saturated carbocycles. The van der Waals surface area contributed by atoms with Crippen LogP contribution in [0.15, 0.2) is 36.4 Å². The SMILES string of the molecule is COc1ccc2cc([C@H](C)C(=O)O[C@@H](C)OC(=O)NC[C@H](CC(=O)O)CC(C)C)ccc2c1. The van der Waals surface area contributed by atoms with E-state index in [2.05, 4.69) is 5.32 Å². The van der Waals surface area contributed by atoms with Gasteiger partial charge in [0.05, 0.1) is 13.0 Å². The summed E-state index contributed by atoms with van der Waals surface area (Å²) >= 11 is 0. The van der Waals surface area contributed by atoms with Gasteiger partial charge in [0, 0.05) is 19.9 Å². The molecule has 0 fully saturated rings. The summed E-state index contributed by atoms with van der Waals surface area (Å²) in [4.78, 5) is 35.6. The number of fused-ring (bicyclic) bond motifs is 1. The van der Waals surface area contributed by atoms with Crippen molar-refractivity contribution in [1.29, 1.82) is 0 Å². The van der Waals surface area contributed by atoms with E-state index >= 15 is 0 Å². The van der Waals surface area contributed by atoms with Gasteiger partial charge in [0.2, 0.25) is 6.29 Å². The van der Waals surface area contributed by atoms with Crippen molar-refractivity contribution < 1.29 is 33.7 Å². The van der Waals surface area contributed by atoms with E-state index in [4.69, 9.17) is 19.3 Å². The average molecular weight is 460 g/mol. The quantitative estimate of drug-likeness (QED) is 0.370. The summed E-state index contributed by atoms with van der Waals surface area (Å²) in [7, 11) is 1.61. The van der Waals surface area contributed by atoms with Gasteiger partial charge in [0.1, 0.15) is 5.75 Å². The topological polar surface area (TPSA) is 111 Å². The molecular weight excluding hydrogens is 426 g/mol. The summed E-state index contributed by atoms with van der Waals surface area (Å²) in [5.74, 6) is -1.15. The Morgan fingerprint density at radius 2 is 1.64 bits per heavy atom. The van der Waals surface area contributed by atoms with Crippen LogP contribution in [0.4, 0.5) is 4.79 Å². The molecule has 0 spiro atoms. The molecule has 0 aromatic heterocycles. The number of amides is 1. The number of methoxy groups -OCH3 is 1. The summed E-state index contributed by atoms with van der Waals surface area (Å²) in [6.07, 6.45) is -1.24. The molecule has 3 atom stereocenters. The first kappa shape index (κ1) is 26.0. The summed E-state index contributed by atoms with van der Waals surface area (Å²) < 4.78 is 15.6. The Morgan fingerprint density at radius 1 is 0.970 bits per heavy atom. The van der Waals surface area contributed by atoms with E-state index in [-0.39, 0.29) is 18.9 Å². The lowest BCUT2D eigenvalue weighted by atomic mass is 9.94. The fourth-order valence-electron chi connectivity index (χ4n) is 3.64. The highest BCUT2D eigenvalue weighted by Gasteiger charge is 2.22. The molecule has 33 heavy (non-hydrogen) atoms. The third-order valence-electron chi connectivity index (χ3n) is 5.28. The number of hydrogen-bond acceptors (Lipinski definition) is 6. The zero-order valence-corrected chi connectivity index (χ0v) is 19.8. The van der Waals surface area contributed by atoms with Crippen LogP contribution in [0.2, 0.25) is 0 Å². The first-order chi connectivity index (χ1) is 15.6. The van der Waals surface area contributed by atoms with Crippen molar-refractivity contribution in [1.82, 2.24) is 5.32 Å². The Kier molecular flexibility index (Phi) is 9.51. The van der Waals surface area contributed by atoms with Crippen LogP contribution in [0.3, 0.4) is 0 Å². The van der Waals surface area contributed by atoms with Crippen LogP contribution in [0.25, 0.3) is 10.8 Å². The third kappa shape index (κ3) is 8.29. The second kappa shape index (κ2) is 12.1. The highest BCUT2D eigenvalue weighted by Crippen LogP contribution is 2.26. The van der Waals surface area contributed by atoms with Crippen LogP contribution in [-0.4, -0.2) is 43.1 Å². The molecule has 2 aromatic carbocycles. The normalized spacial score (nSPS) is 13.8. The van der Waals surface area contributed by atoms with E-state index in [9.17, 15) is 14.4 Å². The Hall–Kier alpha value is -3.29. The van der Waals surface area contributed by atoms with Crippen LogP contribution in [0.1, 0.15) is 52.0 Å². The Bertz CT molecular complexity index is 972. The molecular formula is C25H33NO7. The average Bonchev–Trinajstić information content (AvgIpc) is 2.75. The number of rotatable bonds is 11. The molecule has 0 aliphatic heterocycles. The lowest BCUT2D eigenvalue weighted by Crippen LogP contribution is -2.34. The smallest absolute Gasteiger partial charge is 0.410 e. The molecule has 8 nitrogen and oxygen atoms in total. The zero-order valence-electron chi connectivity index (χ0n) is 19.8. The molecule has 0 saturated heterocycles. The summed E-state index contributed by atoms with van der Waals surface area (Å²) in [6, 6.07) is 11.4. The molecule has 0 aliphatic rings. The van der Waals surface area contributed by atoms with Crippen LogP contribution in [0.5, 0.6) is 5.75 Å². The standard InChI is InChI=1S/C25H33NO7/c1-15(2)10-18(11-23(27)28)14-26-25(30)33-17(4)32-24(29)16(3)19-6-7-21-13-22(31-5)9-8-20(21)12-19/h6-9,12-13,15-18H,10-11,14H2,1-5H3,(H,26,30)(H,27,28)/t16-,17+,18-/m0/s1. The minimum absolute atomic E-state index is 0.0426. The molecule has 0 radical (unpaired) electrons. The van der Waals surface area contributed by atoms with Crippen LogP contribution in [-0.2, 0) is 19.1 Å². The van der Waals surface area contributed by atoms with Gasteiger partial charge in [-0.3, -0.25) is 9.59 Å². The molecule has 0 bridgehead atoms. The number of nitrogens with one attached hydrogen (secondary N) is 1. The molecule has 2 N–H and O–H groups in total. The molecule has 2 rings (SSSR count). The van der Waals surface area contributed by atoms with Crippen molar-refractivity contribution in [2.24, 2.45) is 11.8 Å². The number of carbonyl (C=O) groups excluding carboxylic acids is 2. The van der Waals surface area contributed by atoms with Crippen molar-refractivity contribution in [2.45, 2.75) is 52.7 Å². The van der Waals surface area contributed by atoms with E-state index < -0.39 is 30.2 Å². The van der Waals surface area contributed by atoms with Gasteiger partial charge in [-0.1, -0.05) is 38.1 Å². The number of aliphatic carboxylic acids is 1. The van der Waals surface area contributed by atoms with Gasteiger partial charge in [-0.2, -0.15) is 0 Å². The number of alkyl carbamates (subject to hydrolysis) is 1. The number of esters is 1. The van der Waals surface area contributed by atoms with E-state index in [1.54, 1.807) is 14.0 Å². The van der Waals surface area contributed by atoms with Crippen molar-refractivity contribution in [2.75, 3.05) is 13.7 Å². The first-order valence-corrected chi connectivity index (χ1v) is 11.0. The molecule has 0 aliphatic carbocycles. The lowest BCUT2D eigenvalue weighted by Gasteiger charge is -2.20. The van der Waals surface area contributed by atoms with E-state index in [0.717, 1.165) is 22.1 Å². The predicted molar refractivity (Wildman–Crippen MR) is 124 cm³/mol. The molecule has 0 unspecified atom stereocenters. The first-order valence-electron chi connectivity index (χ1n) is 11.0. The summed E-state index contributed by atoms with van der Waals surface area (Å²) in [6.45, 7) is 7.33. The van der Waals surface area contributed by atoms with Crippen LogP contribution < -0.4 is 10.1 Å². The molecule has 1 amide bonds. The van der Waals surface area contributed by atoms with Crippen molar-refractivity contribution in [3.8, 4) is 5.75 Å². The van der Waals surface area contributed by atoms with E-state index in [0.29, 0.717) is 12.3 Å². The maximum atomic E-state index is 12.6. The number of ether oxygens (including phenoxy) is 3. The minimum atomic E-state index is -1.09. The van der Waals surface area contributed by atoms with Gasteiger partial charge >= 0.3 is 18.0 Å². The highest BCUT2D eigenvalue weighted by molar-refractivity contribution is 5.86. The van der Waals surface area contributed by atoms with Gasteiger partial charge < -0.3 is 24.6 Å². The molecule has 2 aromatic rings. The van der Waals surface area contributed by atoms with Crippen LogP contribution in [0, 0.1) is 11.8 Å². The lowest BCUT2D eigenvalue weighted by molar-refractivity contribution is -0.166. The third-order valence-corrected chi connectivity index (χ3v) is 5.28. The molecule has 0 heterocycles. The monoisotopic (exact) mass is 459 g/mol. The second-order valence-electron chi connectivity index (χ2n) is 8.58. The zero-order chi connectivity index (χ0) is 24.5. The fourth-order valence-corrected chi connectivity index (χ4v) is 3.64. The number of benzene rings is 2. The van der Waals surface area contributed by atoms with Gasteiger partial charge in [-0.05, 0) is 53.6 Å². The minimum Gasteiger partial charge on any atom is -0.497 e. The fraction of sp³-hybridized carbons (Fsp3) is 0.480. The van der Waals surface area contributed by atoms with Gasteiger partial charge in [-0.25, -0.2) is 4.79 Å². The summed E-state index contributed by atoms with van der Waals surface area (Å²) in [5, 5.41) is 13.5. The molecule has 180 valence electrons. The number of carbonyl (C=O) groups is 3. The number of carboxylic acids is 1. The summed E-state index contributed by atoms with van der Waals surface area (Å²) in [5.41, 5.74) is 0.777. The predicted octanol–water partition coefficient (Wildman–Crippen LogP) is 4.70. The Morgan fingerprint density at radius 3 is 2.27 bits per heavy atom. The molecule has 8 heteroatoms. The van der Waals surface area contributed by atoms with Gasteiger partial charge in [0.15, 0.2) is 0 Å². The van der Waals surface area contributed by atoms with Crippen LogP contribution >= 0.6 is 0 Å². The van der Waals surface area contributed by atoms with E-state index in [1.165, 1.54) is 6.92 Å². The maximum absolute atomic E-state index is 12.6. The Balaban J connectivity index is 1.89. The van der Waals surface area contributed by atoms with Crippen molar-refractivity contribution in [3.63, 3.8) is 0 Å². The van der Waals surface area contributed by atoms with Crippen molar-refractivity contribution >= 4 is 28.8 Å². The highest BCUT2D eigenvalue weighted by atomic mass is 16.7. The number of hydrogen-bond donors (Lipinski definition) is 2. The maximum Gasteiger partial charge on any atom is 0.410 e. The number of carboxylic acid groups (broad SMARTS) is 1. The Labute approximate surface area is 194 Å².